The molecule has 1 fully saturated rings. The molecule has 1 heterocycles. The molecule has 1 aliphatic rings. The van der Waals surface area contributed by atoms with Crippen LogP contribution in [0.2, 0.25) is 10.0 Å². The average Bonchev–Trinajstić information content (AvgIpc) is 2.60. The number of carbonyl (C=O) groups is 1. The van der Waals surface area contributed by atoms with Crippen LogP contribution < -0.4 is 0 Å². The lowest BCUT2D eigenvalue weighted by Gasteiger charge is -2.45. The largest absolute Gasteiger partial charge is 0.299 e. The number of halogens is 2. The second-order valence-corrected chi connectivity index (χ2v) is 7.38. The van der Waals surface area contributed by atoms with Crippen molar-refractivity contribution in [2.24, 2.45) is 5.92 Å². The summed E-state index contributed by atoms with van der Waals surface area (Å²) < 4.78 is 0. The molecule has 0 unspecified atom stereocenters. The van der Waals surface area contributed by atoms with E-state index in [1.165, 1.54) is 0 Å². The van der Waals surface area contributed by atoms with Crippen molar-refractivity contribution in [2.45, 2.75) is 25.4 Å². The van der Waals surface area contributed by atoms with Crippen molar-refractivity contribution in [3.8, 4) is 0 Å². The Kier molecular flexibility index (Phi) is 5.63. The van der Waals surface area contributed by atoms with Gasteiger partial charge in [0, 0.05) is 41.0 Å². The van der Waals surface area contributed by atoms with Crippen molar-refractivity contribution in [3.05, 3.63) is 82.4 Å². The van der Waals surface area contributed by atoms with Crippen LogP contribution in [0.3, 0.4) is 0 Å². The Hall–Kier alpha value is -1.61. The quantitative estimate of drug-likeness (QED) is 0.624. The first-order valence-corrected chi connectivity index (χ1v) is 9.17. The third-order valence-corrected chi connectivity index (χ3v) is 5.44. The molecule has 0 spiro atoms. The second-order valence-electron chi connectivity index (χ2n) is 6.51. The van der Waals surface area contributed by atoms with Crippen LogP contribution in [-0.2, 0) is 4.79 Å². The maximum absolute atomic E-state index is 12.7. The van der Waals surface area contributed by atoms with Gasteiger partial charge in [0.05, 0.1) is 0 Å². The van der Waals surface area contributed by atoms with Gasteiger partial charge in [0.15, 0.2) is 0 Å². The van der Waals surface area contributed by atoms with Crippen LogP contribution in [0.4, 0.5) is 0 Å². The second kappa shape index (κ2) is 7.74. The van der Waals surface area contributed by atoms with E-state index in [1.54, 1.807) is 0 Å². The fraction of sp³-hybridized carbons (Fsp3) is 0.286. The predicted molar refractivity (Wildman–Crippen MR) is 104 cm³/mol. The number of likely N-dealkylation sites (tertiary alicyclic amines) is 1. The van der Waals surface area contributed by atoms with Gasteiger partial charge in [0.25, 0.3) is 0 Å². The van der Waals surface area contributed by atoms with Gasteiger partial charge >= 0.3 is 0 Å². The van der Waals surface area contributed by atoms with E-state index in [-0.39, 0.29) is 23.8 Å². The summed E-state index contributed by atoms with van der Waals surface area (Å²) in [5, 5.41) is 1.40. The zero-order valence-corrected chi connectivity index (χ0v) is 15.7. The average molecular weight is 374 g/mol. The van der Waals surface area contributed by atoms with Gasteiger partial charge in [-0.05, 0) is 35.4 Å². The summed E-state index contributed by atoms with van der Waals surface area (Å²) in [5.41, 5.74) is 2.20. The minimum Gasteiger partial charge on any atom is -0.299 e. The number of nitrogens with zero attached hydrogens (tertiary/aromatic N) is 1. The summed E-state index contributed by atoms with van der Waals surface area (Å²) in [6.45, 7) is 6.63. The summed E-state index contributed by atoms with van der Waals surface area (Å²) in [7, 11) is 0. The molecule has 0 amide bonds. The van der Waals surface area contributed by atoms with Gasteiger partial charge in [-0.3, -0.25) is 9.69 Å². The number of ketones is 1. The van der Waals surface area contributed by atoms with E-state index in [9.17, 15) is 4.79 Å². The maximum atomic E-state index is 12.7. The van der Waals surface area contributed by atoms with Crippen molar-refractivity contribution in [3.63, 3.8) is 0 Å². The third-order valence-electron chi connectivity index (χ3n) is 4.94. The van der Waals surface area contributed by atoms with Gasteiger partial charge in [-0.2, -0.15) is 0 Å². The molecule has 0 radical (unpaired) electrons. The summed E-state index contributed by atoms with van der Waals surface area (Å²) >= 11 is 12.1. The molecule has 130 valence electrons. The Morgan fingerprint density at radius 1 is 1.04 bits per heavy atom. The number of hydrogen-bond donors (Lipinski definition) is 0. The van der Waals surface area contributed by atoms with Gasteiger partial charge in [0.2, 0.25) is 0 Å². The normalized spacial score (nSPS) is 24.3. The molecule has 0 aromatic heterocycles. The van der Waals surface area contributed by atoms with Crippen LogP contribution in [0.1, 0.15) is 36.6 Å². The number of piperidine rings is 1. The molecule has 3 atom stereocenters. The maximum Gasteiger partial charge on any atom is 0.139 e. The van der Waals surface area contributed by atoms with E-state index in [2.05, 4.69) is 11.5 Å². The molecule has 2 aromatic rings. The molecule has 2 nitrogen and oxygen atoms in total. The fourth-order valence-corrected chi connectivity index (χ4v) is 3.93. The van der Waals surface area contributed by atoms with Crippen LogP contribution in [0.15, 0.2) is 61.2 Å². The van der Waals surface area contributed by atoms with Crippen molar-refractivity contribution < 1.29 is 4.79 Å². The monoisotopic (exact) mass is 373 g/mol. The molecule has 3 rings (SSSR count). The van der Waals surface area contributed by atoms with Gasteiger partial charge in [-0.25, -0.2) is 0 Å². The van der Waals surface area contributed by atoms with Crippen molar-refractivity contribution in [2.75, 3.05) is 6.54 Å². The SMILES string of the molecule is C=CCN1[C@H](c2ccc(Cl)cc2)CC(=O)[C@@H](C)[C@@H]1c1ccc(Cl)cc1. The van der Waals surface area contributed by atoms with Gasteiger partial charge in [-0.1, -0.05) is 60.5 Å². The van der Waals surface area contributed by atoms with Crippen LogP contribution in [-0.4, -0.2) is 17.2 Å². The first kappa shape index (κ1) is 18.2. The topological polar surface area (TPSA) is 20.3 Å². The molecular formula is C21H21Cl2NO. The third kappa shape index (κ3) is 3.82. The van der Waals surface area contributed by atoms with Crippen LogP contribution in [0.25, 0.3) is 0 Å². The van der Waals surface area contributed by atoms with E-state index < -0.39 is 0 Å². The van der Waals surface area contributed by atoms with E-state index >= 15 is 0 Å². The number of hydrogen-bond acceptors (Lipinski definition) is 2. The highest BCUT2D eigenvalue weighted by molar-refractivity contribution is 6.30. The number of carbonyl (C=O) groups excluding carboxylic acids is 1. The molecule has 0 saturated carbocycles. The lowest BCUT2D eigenvalue weighted by Crippen LogP contribution is -2.44. The van der Waals surface area contributed by atoms with Crippen molar-refractivity contribution in [1.29, 1.82) is 0 Å². The van der Waals surface area contributed by atoms with Gasteiger partial charge in [0.1, 0.15) is 5.78 Å². The van der Waals surface area contributed by atoms with Crippen molar-refractivity contribution >= 4 is 29.0 Å². The Bertz CT molecular complexity index is 754. The van der Waals surface area contributed by atoms with Crippen LogP contribution in [0, 0.1) is 5.92 Å². The summed E-state index contributed by atoms with van der Waals surface area (Å²) in [6.07, 6.45) is 2.40. The zero-order chi connectivity index (χ0) is 18.0. The van der Waals surface area contributed by atoms with E-state index in [0.29, 0.717) is 23.0 Å². The van der Waals surface area contributed by atoms with Gasteiger partial charge < -0.3 is 0 Å². The highest BCUT2D eigenvalue weighted by atomic mass is 35.5. The Morgan fingerprint density at radius 3 is 2.08 bits per heavy atom. The number of Topliss-reactive ketones (excluding diaryl/α,β-unsaturated/α-hetero) is 1. The predicted octanol–water partition coefficient (Wildman–Crippen LogP) is 5.87. The van der Waals surface area contributed by atoms with E-state index in [1.807, 2.05) is 61.5 Å². The first-order valence-electron chi connectivity index (χ1n) is 8.41. The summed E-state index contributed by atoms with van der Waals surface area (Å²) in [4.78, 5) is 15.1. The minimum atomic E-state index is -0.0790. The molecule has 25 heavy (non-hydrogen) atoms. The molecule has 0 aliphatic carbocycles. The molecule has 4 heteroatoms. The molecule has 1 saturated heterocycles. The minimum absolute atomic E-state index is 0.00260. The van der Waals surface area contributed by atoms with Crippen LogP contribution >= 0.6 is 23.2 Å². The lowest BCUT2D eigenvalue weighted by atomic mass is 9.80. The fourth-order valence-electron chi connectivity index (χ4n) is 3.68. The zero-order valence-electron chi connectivity index (χ0n) is 14.2. The molecule has 0 bridgehead atoms. The number of benzene rings is 2. The standard InChI is InChI=1S/C21H21Cl2NO/c1-3-12-24-19(15-4-8-17(22)9-5-15)13-20(25)14(2)21(24)16-6-10-18(23)11-7-16/h3-11,14,19,21H,1,12-13H2,2H3/t14-,19+,21-/m1/s1. The molecular weight excluding hydrogens is 353 g/mol. The highest BCUT2D eigenvalue weighted by Crippen LogP contribution is 2.43. The molecule has 0 N–H and O–H groups in total. The van der Waals surface area contributed by atoms with E-state index in [4.69, 9.17) is 23.2 Å². The van der Waals surface area contributed by atoms with Crippen LogP contribution in [0.5, 0.6) is 0 Å². The summed E-state index contributed by atoms with van der Waals surface area (Å²) in [6, 6.07) is 15.6. The molecule has 1 aliphatic heterocycles. The summed E-state index contributed by atoms with van der Waals surface area (Å²) in [5.74, 6) is 0.199. The highest BCUT2D eigenvalue weighted by Gasteiger charge is 2.40. The Morgan fingerprint density at radius 2 is 1.56 bits per heavy atom. The number of rotatable bonds is 4. The first-order chi connectivity index (χ1) is 12.0. The Labute approximate surface area is 159 Å². The lowest BCUT2D eigenvalue weighted by molar-refractivity contribution is -0.131. The Balaban J connectivity index is 2.03. The smallest absolute Gasteiger partial charge is 0.139 e. The van der Waals surface area contributed by atoms with E-state index in [0.717, 1.165) is 11.1 Å². The van der Waals surface area contributed by atoms with Crippen molar-refractivity contribution in [1.82, 2.24) is 4.90 Å². The molecule has 2 aromatic carbocycles. The van der Waals surface area contributed by atoms with Gasteiger partial charge in [-0.15, -0.1) is 6.58 Å².